The van der Waals surface area contributed by atoms with Gasteiger partial charge in [-0.2, -0.15) is 5.10 Å². The molecule has 2 heterocycles. The molecular formula is C7H12BrCl2N3. The van der Waals surface area contributed by atoms with E-state index in [0.29, 0.717) is 6.04 Å². The Morgan fingerprint density at radius 1 is 1.54 bits per heavy atom. The quantitative estimate of drug-likeness (QED) is 0.857. The topological polar surface area (TPSA) is 29.9 Å². The summed E-state index contributed by atoms with van der Waals surface area (Å²) in [5.74, 6) is 0. The average Bonchev–Trinajstić information content (AvgIpc) is 2.55. The molecule has 1 aromatic rings. The summed E-state index contributed by atoms with van der Waals surface area (Å²) < 4.78 is 3.08. The SMILES string of the molecule is Brc1cnn([C@@H]2CCNC2)c1.Cl.Cl. The van der Waals surface area contributed by atoms with E-state index in [1.54, 1.807) is 0 Å². The summed E-state index contributed by atoms with van der Waals surface area (Å²) in [5, 5.41) is 7.53. The van der Waals surface area contributed by atoms with Gasteiger partial charge in [0, 0.05) is 12.7 Å². The highest BCUT2D eigenvalue weighted by atomic mass is 79.9. The molecule has 1 saturated heterocycles. The van der Waals surface area contributed by atoms with Crippen molar-refractivity contribution in [3.8, 4) is 0 Å². The molecule has 1 N–H and O–H groups in total. The summed E-state index contributed by atoms with van der Waals surface area (Å²) in [6.07, 6.45) is 5.05. The molecule has 3 nitrogen and oxygen atoms in total. The number of hydrogen-bond acceptors (Lipinski definition) is 2. The molecule has 6 heteroatoms. The Kier molecular flexibility index (Phi) is 5.96. The van der Waals surface area contributed by atoms with Crippen molar-refractivity contribution >= 4 is 40.7 Å². The zero-order valence-electron chi connectivity index (χ0n) is 6.94. The van der Waals surface area contributed by atoms with Gasteiger partial charge < -0.3 is 5.32 Å². The van der Waals surface area contributed by atoms with Crippen LogP contribution < -0.4 is 5.32 Å². The second kappa shape index (κ2) is 5.86. The maximum atomic E-state index is 4.23. The van der Waals surface area contributed by atoms with Crippen LogP contribution in [-0.4, -0.2) is 22.9 Å². The van der Waals surface area contributed by atoms with Crippen LogP contribution in [0.5, 0.6) is 0 Å². The summed E-state index contributed by atoms with van der Waals surface area (Å²) in [6.45, 7) is 2.16. The Morgan fingerprint density at radius 2 is 2.31 bits per heavy atom. The van der Waals surface area contributed by atoms with Gasteiger partial charge in [-0.05, 0) is 28.9 Å². The van der Waals surface area contributed by atoms with Gasteiger partial charge in [0.1, 0.15) is 0 Å². The van der Waals surface area contributed by atoms with E-state index in [0.717, 1.165) is 17.6 Å². The largest absolute Gasteiger partial charge is 0.315 e. The Hall–Kier alpha value is 0.230. The normalized spacial score (nSPS) is 20.5. The lowest BCUT2D eigenvalue weighted by Gasteiger charge is -2.07. The molecular weight excluding hydrogens is 277 g/mol. The Bertz CT molecular complexity index is 248. The van der Waals surface area contributed by atoms with Crippen LogP contribution >= 0.6 is 40.7 Å². The molecule has 0 radical (unpaired) electrons. The number of nitrogens with one attached hydrogen (secondary N) is 1. The highest BCUT2D eigenvalue weighted by molar-refractivity contribution is 9.10. The zero-order valence-corrected chi connectivity index (χ0v) is 10.2. The van der Waals surface area contributed by atoms with E-state index in [4.69, 9.17) is 0 Å². The lowest BCUT2D eigenvalue weighted by atomic mass is 10.3. The molecule has 0 bridgehead atoms. The van der Waals surface area contributed by atoms with Gasteiger partial charge in [-0.1, -0.05) is 0 Å². The van der Waals surface area contributed by atoms with Gasteiger partial charge in [0.15, 0.2) is 0 Å². The van der Waals surface area contributed by atoms with E-state index in [9.17, 15) is 0 Å². The van der Waals surface area contributed by atoms with Crippen LogP contribution in [0.3, 0.4) is 0 Å². The molecule has 0 amide bonds. The summed E-state index contributed by atoms with van der Waals surface area (Å²) in [6, 6.07) is 0.557. The number of rotatable bonds is 1. The van der Waals surface area contributed by atoms with Crippen LogP contribution in [0.1, 0.15) is 12.5 Å². The molecule has 76 valence electrons. The standard InChI is InChI=1S/C7H10BrN3.2ClH/c8-6-3-10-11(5-6)7-1-2-9-4-7;;/h3,5,7,9H,1-2,4H2;2*1H/t7-;;/m1../s1. The third-order valence-corrected chi connectivity index (χ3v) is 2.39. The van der Waals surface area contributed by atoms with Gasteiger partial charge in [0.05, 0.1) is 16.7 Å². The first-order valence-corrected chi connectivity index (χ1v) is 4.56. The van der Waals surface area contributed by atoms with Crippen molar-refractivity contribution < 1.29 is 0 Å². The monoisotopic (exact) mass is 287 g/mol. The minimum atomic E-state index is 0. The second-order valence-electron chi connectivity index (χ2n) is 2.79. The Labute approximate surface area is 98.2 Å². The van der Waals surface area contributed by atoms with Gasteiger partial charge in [-0.25, -0.2) is 0 Å². The van der Waals surface area contributed by atoms with E-state index in [1.165, 1.54) is 6.42 Å². The Balaban J connectivity index is 0.000000720. The van der Waals surface area contributed by atoms with Crippen molar-refractivity contribution in [3.63, 3.8) is 0 Å². The number of nitrogens with zero attached hydrogens (tertiary/aromatic N) is 2. The summed E-state index contributed by atoms with van der Waals surface area (Å²) in [7, 11) is 0. The van der Waals surface area contributed by atoms with E-state index in [-0.39, 0.29) is 24.8 Å². The van der Waals surface area contributed by atoms with Gasteiger partial charge in [-0.3, -0.25) is 4.68 Å². The molecule has 1 aliphatic rings. The molecule has 0 aromatic carbocycles. The summed E-state index contributed by atoms with van der Waals surface area (Å²) >= 11 is 3.38. The molecule has 0 saturated carbocycles. The highest BCUT2D eigenvalue weighted by Crippen LogP contribution is 2.16. The van der Waals surface area contributed by atoms with Crippen molar-refractivity contribution in [3.05, 3.63) is 16.9 Å². The van der Waals surface area contributed by atoms with Crippen LogP contribution in [-0.2, 0) is 0 Å². The second-order valence-corrected chi connectivity index (χ2v) is 3.70. The van der Waals surface area contributed by atoms with Crippen molar-refractivity contribution in [1.29, 1.82) is 0 Å². The molecule has 1 aromatic heterocycles. The van der Waals surface area contributed by atoms with Crippen LogP contribution in [0.15, 0.2) is 16.9 Å². The number of aromatic nitrogens is 2. The molecule has 0 spiro atoms. The number of hydrogen-bond donors (Lipinski definition) is 1. The van der Waals surface area contributed by atoms with E-state index in [2.05, 4.69) is 26.3 Å². The minimum absolute atomic E-state index is 0. The molecule has 2 rings (SSSR count). The highest BCUT2D eigenvalue weighted by Gasteiger charge is 2.16. The van der Waals surface area contributed by atoms with Crippen LogP contribution in [0, 0.1) is 0 Å². The molecule has 0 aliphatic carbocycles. The van der Waals surface area contributed by atoms with Gasteiger partial charge >= 0.3 is 0 Å². The molecule has 1 fully saturated rings. The third kappa shape index (κ3) is 3.13. The summed E-state index contributed by atoms with van der Waals surface area (Å²) in [4.78, 5) is 0. The van der Waals surface area contributed by atoms with E-state index in [1.807, 2.05) is 17.1 Å². The smallest absolute Gasteiger partial charge is 0.0656 e. The van der Waals surface area contributed by atoms with Gasteiger partial charge in [0.2, 0.25) is 0 Å². The van der Waals surface area contributed by atoms with Crippen LogP contribution in [0.4, 0.5) is 0 Å². The predicted octanol–water partition coefficient (Wildman–Crippen LogP) is 2.02. The fraction of sp³-hybridized carbons (Fsp3) is 0.571. The van der Waals surface area contributed by atoms with Crippen molar-refractivity contribution in [2.75, 3.05) is 13.1 Å². The van der Waals surface area contributed by atoms with Crippen LogP contribution in [0.2, 0.25) is 0 Å². The lowest BCUT2D eigenvalue weighted by molar-refractivity contribution is 0.490. The molecule has 0 unspecified atom stereocenters. The van der Waals surface area contributed by atoms with E-state index >= 15 is 0 Å². The molecule has 1 atom stereocenters. The first kappa shape index (κ1) is 13.2. The number of halogens is 3. The Morgan fingerprint density at radius 3 is 2.77 bits per heavy atom. The first-order chi connectivity index (χ1) is 5.36. The van der Waals surface area contributed by atoms with Crippen molar-refractivity contribution in [2.24, 2.45) is 0 Å². The minimum Gasteiger partial charge on any atom is -0.315 e. The molecule has 13 heavy (non-hydrogen) atoms. The van der Waals surface area contributed by atoms with Gasteiger partial charge in [0.25, 0.3) is 0 Å². The zero-order chi connectivity index (χ0) is 7.68. The fourth-order valence-electron chi connectivity index (χ4n) is 1.38. The van der Waals surface area contributed by atoms with Crippen LogP contribution in [0.25, 0.3) is 0 Å². The van der Waals surface area contributed by atoms with Crippen molar-refractivity contribution in [1.82, 2.24) is 15.1 Å². The summed E-state index contributed by atoms with van der Waals surface area (Å²) in [5.41, 5.74) is 0. The maximum absolute atomic E-state index is 4.23. The maximum Gasteiger partial charge on any atom is 0.0656 e. The fourth-order valence-corrected chi connectivity index (χ4v) is 1.68. The van der Waals surface area contributed by atoms with Crippen molar-refractivity contribution in [2.45, 2.75) is 12.5 Å². The lowest BCUT2D eigenvalue weighted by Crippen LogP contribution is -2.13. The van der Waals surface area contributed by atoms with Gasteiger partial charge in [-0.15, -0.1) is 24.8 Å². The predicted molar refractivity (Wildman–Crippen MR) is 60.9 cm³/mol. The van der Waals surface area contributed by atoms with E-state index < -0.39 is 0 Å². The molecule has 1 aliphatic heterocycles. The first-order valence-electron chi connectivity index (χ1n) is 3.76. The average molecular weight is 289 g/mol. The third-order valence-electron chi connectivity index (χ3n) is 1.98.